The number of nitrogens with one attached hydrogen (secondary N) is 1. The van der Waals surface area contributed by atoms with E-state index in [2.05, 4.69) is 5.32 Å². The maximum atomic E-state index is 14.0. The fourth-order valence-electron chi connectivity index (χ4n) is 4.25. The first-order valence-electron chi connectivity index (χ1n) is 13.3. The second kappa shape index (κ2) is 14.3. The summed E-state index contributed by atoms with van der Waals surface area (Å²) < 4.78 is 47.7. The molecule has 220 valence electrons. The van der Waals surface area contributed by atoms with E-state index in [1.165, 1.54) is 66.6 Å². The Balaban J connectivity index is 2.08. The number of sulfonamides is 1. The lowest BCUT2D eigenvalue weighted by Crippen LogP contribution is -2.52. The number of rotatable bonds is 13. The molecule has 0 aromatic heterocycles. The molecule has 0 saturated carbocycles. The fourth-order valence-corrected chi connectivity index (χ4v) is 5.91. The van der Waals surface area contributed by atoms with E-state index in [-0.39, 0.29) is 34.5 Å². The molecule has 3 aromatic rings. The van der Waals surface area contributed by atoms with Gasteiger partial charge in [-0.05, 0) is 67.8 Å². The van der Waals surface area contributed by atoms with Gasteiger partial charge in [-0.3, -0.25) is 13.9 Å². The third kappa shape index (κ3) is 7.98. The number of carbonyl (C=O) groups is 2. The number of carbonyl (C=O) groups excluding carboxylic acids is 2. The highest BCUT2D eigenvalue weighted by molar-refractivity contribution is 7.92. The molecule has 3 rings (SSSR count). The number of nitrogens with zero attached hydrogens (tertiary/aromatic N) is 2. The average molecular weight is 604 g/mol. The first kappa shape index (κ1) is 31.9. The van der Waals surface area contributed by atoms with E-state index in [1.54, 1.807) is 19.1 Å². The van der Waals surface area contributed by atoms with Gasteiger partial charge in [0.25, 0.3) is 10.0 Å². The molecular weight excluding hydrogens is 569 g/mol. The summed E-state index contributed by atoms with van der Waals surface area (Å²) in [5.41, 5.74) is 1.60. The zero-order chi connectivity index (χ0) is 30.2. The van der Waals surface area contributed by atoms with Crippen molar-refractivity contribution >= 4 is 39.1 Å². The average Bonchev–Trinajstić information content (AvgIpc) is 2.95. The summed E-state index contributed by atoms with van der Waals surface area (Å²) in [6.07, 6.45) is 0.983. The van der Waals surface area contributed by atoms with Crippen LogP contribution in [0, 0.1) is 12.7 Å². The second-order valence-electron chi connectivity index (χ2n) is 9.51. The summed E-state index contributed by atoms with van der Waals surface area (Å²) >= 11 is 6.35. The topological polar surface area (TPSA) is 96.0 Å². The number of anilines is 1. The minimum absolute atomic E-state index is 0.0133. The molecule has 0 heterocycles. The molecule has 3 aromatic carbocycles. The van der Waals surface area contributed by atoms with Gasteiger partial charge in [0.2, 0.25) is 11.8 Å². The lowest BCUT2D eigenvalue weighted by Gasteiger charge is -2.33. The van der Waals surface area contributed by atoms with Crippen LogP contribution < -0.4 is 14.4 Å². The third-order valence-corrected chi connectivity index (χ3v) is 8.60. The lowest BCUT2D eigenvalue weighted by atomic mass is 10.1. The van der Waals surface area contributed by atoms with Crippen LogP contribution >= 0.6 is 11.6 Å². The van der Waals surface area contributed by atoms with Crippen molar-refractivity contribution in [2.24, 2.45) is 0 Å². The minimum Gasteiger partial charge on any atom is -0.495 e. The number of hydrogen-bond acceptors (Lipinski definition) is 5. The molecule has 0 aliphatic carbocycles. The van der Waals surface area contributed by atoms with E-state index in [0.717, 1.165) is 9.87 Å². The molecule has 0 radical (unpaired) electrons. The van der Waals surface area contributed by atoms with Gasteiger partial charge in [0.15, 0.2) is 0 Å². The normalized spacial score (nSPS) is 12.0. The quantitative estimate of drug-likeness (QED) is 0.285. The van der Waals surface area contributed by atoms with Crippen LogP contribution in [0.25, 0.3) is 0 Å². The highest BCUT2D eigenvalue weighted by Gasteiger charge is 2.34. The van der Waals surface area contributed by atoms with Crippen LogP contribution in [-0.4, -0.2) is 51.4 Å². The van der Waals surface area contributed by atoms with E-state index in [4.69, 9.17) is 16.3 Å². The van der Waals surface area contributed by atoms with Crippen molar-refractivity contribution in [1.82, 2.24) is 10.2 Å². The number of amides is 2. The Morgan fingerprint density at radius 2 is 1.68 bits per heavy atom. The van der Waals surface area contributed by atoms with Gasteiger partial charge in [-0.1, -0.05) is 55.3 Å². The first-order valence-corrected chi connectivity index (χ1v) is 15.1. The number of methoxy groups -OCH3 is 1. The van der Waals surface area contributed by atoms with Crippen LogP contribution in [0.2, 0.25) is 5.02 Å². The van der Waals surface area contributed by atoms with Crippen LogP contribution in [0.1, 0.15) is 37.8 Å². The van der Waals surface area contributed by atoms with Gasteiger partial charge in [0, 0.05) is 13.1 Å². The van der Waals surface area contributed by atoms with Gasteiger partial charge in [-0.15, -0.1) is 0 Å². The fraction of sp³-hybridized carbons (Fsp3) is 0.333. The molecule has 1 atom stereocenters. The molecule has 0 aliphatic heterocycles. The van der Waals surface area contributed by atoms with Crippen molar-refractivity contribution in [1.29, 1.82) is 0 Å². The van der Waals surface area contributed by atoms with Crippen molar-refractivity contribution in [3.63, 3.8) is 0 Å². The van der Waals surface area contributed by atoms with Crippen molar-refractivity contribution < 1.29 is 27.1 Å². The smallest absolute Gasteiger partial charge is 0.264 e. The van der Waals surface area contributed by atoms with Gasteiger partial charge in [-0.25, -0.2) is 12.8 Å². The van der Waals surface area contributed by atoms with Gasteiger partial charge < -0.3 is 15.0 Å². The Labute approximate surface area is 246 Å². The number of halogens is 2. The van der Waals surface area contributed by atoms with E-state index in [1.807, 2.05) is 13.8 Å². The molecule has 0 unspecified atom stereocenters. The second-order valence-corrected chi connectivity index (χ2v) is 11.8. The van der Waals surface area contributed by atoms with Crippen LogP contribution in [0.15, 0.2) is 71.6 Å². The molecular formula is C30H35ClFN3O5S. The summed E-state index contributed by atoms with van der Waals surface area (Å²) in [6.45, 7) is 5.30. The zero-order valence-electron chi connectivity index (χ0n) is 23.6. The Hall–Kier alpha value is -3.63. The van der Waals surface area contributed by atoms with Gasteiger partial charge in [0.1, 0.15) is 24.2 Å². The summed E-state index contributed by atoms with van der Waals surface area (Å²) in [4.78, 5) is 28.5. The Morgan fingerprint density at radius 3 is 2.24 bits per heavy atom. The number of aryl methyl sites for hydroxylation is 1. The predicted molar refractivity (Wildman–Crippen MR) is 158 cm³/mol. The van der Waals surface area contributed by atoms with Crippen LogP contribution in [-0.2, 0) is 26.2 Å². The molecule has 8 nitrogen and oxygen atoms in total. The highest BCUT2D eigenvalue weighted by atomic mass is 35.5. The Morgan fingerprint density at radius 1 is 1.02 bits per heavy atom. The van der Waals surface area contributed by atoms with Gasteiger partial charge in [-0.2, -0.15) is 0 Å². The summed E-state index contributed by atoms with van der Waals surface area (Å²) in [7, 11) is -2.81. The molecule has 11 heteroatoms. The summed E-state index contributed by atoms with van der Waals surface area (Å²) in [5.74, 6) is -1.07. The van der Waals surface area contributed by atoms with E-state index in [9.17, 15) is 22.4 Å². The molecule has 0 fully saturated rings. The molecule has 1 N–H and O–H groups in total. The predicted octanol–water partition coefficient (Wildman–Crippen LogP) is 5.33. The van der Waals surface area contributed by atoms with Crippen molar-refractivity contribution in [2.45, 2.75) is 51.1 Å². The van der Waals surface area contributed by atoms with Gasteiger partial charge in [0.05, 0.1) is 22.7 Å². The maximum Gasteiger partial charge on any atom is 0.264 e. The largest absolute Gasteiger partial charge is 0.495 e. The number of benzene rings is 3. The van der Waals surface area contributed by atoms with Crippen molar-refractivity contribution in [3.8, 4) is 5.75 Å². The van der Waals surface area contributed by atoms with Crippen LogP contribution in [0.5, 0.6) is 5.75 Å². The zero-order valence-corrected chi connectivity index (χ0v) is 25.1. The molecule has 0 spiro atoms. The number of ether oxygens (including phenoxy) is 1. The maximum absolute atomic E-state index is 14.0. The van der Waals surface area contributed by atoms with E-state index < -0.39 is 34.3 Å². The van der Waals surface area contributed by atoms with Crippen molar-refractivity contribution in [3.05, 3.63) is 88.7 Å². The minimum atomic E-state index is -4.24. The monoisotopic (exact) mass is 603 g/mol. The van der Waals surface area contributed by atoms with E-state index in [0.29, 0.717) is 24.3 Å². The molecule has 0 saturated heterocycles. The standard InChI is InChI=1S/C30H35ClFN3O5S/c1-5-17-33-30(37)27(6-2)34(19-22-9-11-23(32)12-10-22)29(36)20-35(24-13-16-28(40-4)26(31)18-24)41(38,39)25-14-7-21(3)8-15-25/h7-16,18,27H,5-6,17,19-20H2,1-4H3,(H,33,37)/t27-/m0/s1. The number of hydrogen-bond donors (Lipinski definition) is 1. The molecule has 0 bridgehead atoms. The Bertz CT molecular complexity index is 1450. The first-order chi connectivity index (χ1) is 19.5. The van der Waals surface area contributed by atoms with Crippen molar-refractivity contribution in [2.75, 3.05) is 24.5 Å². The third-order valence-electron chi connectivity index (χ3n) is 6.51. The molecule has 2 amide bonds. The molecule has 0 aliphatic rings. The molecule has 41 heavy (non-hydrogen) atoms. The summed E-state index contributed by atoms with van der Waals surface area (Å²) in [5, 5.41) is 2.99. The van der Waals surface area contributed by atoms with E-state index >= 15 is 0 Å². The van der Waals surface area contributed by atoms with Crippen LogP contribution in [0.4, 0.5) is 10.1 Å². The highest BCUT2D eigenvalue weighted by Crippen LogP contribution is 2.32. The summed E-state index contributed by atoms with van der Waals surface area (Å²) in [6, 6.07) is 15.4. The lowest BCUT2D eigenvalue weighted by molar-refractivity contribution is -0.140. The van der Waals surface area contributed by atoms with Gasteiger partial charge >= 0.3 is 0 Å². The SMILES string of the molecule is CCCNC(=O)[C@H](CC)N(Cc1ccc(F)cc1)C(=O)CN(c1ccc(OC)c(Cl)c1)S(=O)(=O)c1ccc(C)cc1. The van der Waals surface area contributed by atoms with Crippen LogP contribution in [0.3, 0.4) is 0 Å². The Kier molecular flexibility index (Phi) is 11.1.